The van der Waals surface area contributed by atoms with Crippen molar-refractivity contribution in [3.05, 3.63) is 69.4 Å². The van der Waals surface area contributed by atoms with Crippen LogP contribution in [-0.2, 0) is 9.53 Å². The highest BCUT2D eigenvalue weighted by molar-refractivity contribution is 6.13. The third-order valence-electron chi connectivity index (χ3n) is 3.67. The zero-order chi connectivity index (χ0) is 17.4. The number of para-hydroxylation sites is 1. The average Bonchev–Trinajstić information content (AvgIpc) is 3.21. The summed E-state index contributed by atoms with van der Waals surface area (Å²) < 4.78 is 15.7. The van der Waals surface area contributed by atoms with Crippen molar-refractivity contribution in [3.63, 3.8) is 0 Å². The molecule has 0 fully saturated rings. The standard InChI is InChI=1S/C17H10N2O6/c20-17-12(7-10-3-1-2-4-13(10)19(21)22)18-16(25-17)11-5-6-14-15(8-11)24-9-23-14/h1-8H,9H2. The van der Waals surface area contributed by atoms with E-state index in [9.17, 15) is 14.9 Å². The van der Waals surface area contributed by atoms with Crippen molar-refractivity contribution in [2.24, 2.45) is 4.99 Å². The van der Waals surface area contributed by atoms with E-state index in [1.165, 1.54) is 18.2 Å². The maximum Gasteiger partial charge on any atom is 0.363 e. The number of rotatable bonds is 3. The maximum atomic E-state index is 12.0. The Morgan fingerprint density at radius 3 is 2.76 bits per heavy atom. The van der Waals surface area contributed by atoms with Crippen molar-refractivity contribution in [1.82, 2.24) is 0 Å². The molecule has 0 N–H and O–H groups in total. The number of cyclic esters (lactones) is 1. The summed E-state index contributed by atoms with van der Waals surface area (Å²) >= 11 is 0. The van der Waals surface area contributed by atoms with Crippen LogP contribution >= 0.6 is 0 Å². The first-order chi connectivity index (χ1) is 12.1. The monoisotopic (exact) mass is 338 g/mol. The maximum absolute atomic E-state index is 12.0. The molecule has 0 saturated heterocycles. The Labute approximate surface area is 141 Å². The number of ether oxygens (including phenoxy) is 3. The molecule has 2 aromatic carbocycles. The molecule has 2 aliphatic heterocycles. The molecule has 0 aromatic heterocycles. The van der Waals surface area contributed by atoms with Gasteiger partial charge in [-0.1, -0.05) is 12.1 Å². The van der Waals surface area contributed by atoms with Crippen LogP contribution in [-0.4, -0.2) is 23.6 Å². The molecule has 0 radical (unpaired) electrons. The third kappa shape index (κ3) is 2.69. The number of esters is 1. The van der Waals surface area contributed by atoms with Gasteiger partial charge in [-0.15, -0.1) is 0 Å². The number of carbonyl (C=O) groups is 1. The number of aliphatic imine (C=N–C) groups is 1. The van der Waals surface area contributed by atoms with Crippen molar-refractivity contribution in [3.8, 4) is 11.5 Å². The van der Waals surface area contributed by atoms with Gasteiger partial charge in [0, 0.05) is 11.6 Å². The predicted molar refractivity (Wildman–Crippen MR) is 86.3 cm³/mol. The van der Waals surface area contributed by atoms with E-state index in [4.69, 9.17) is 14.2 Å². The molecule has 0 unspecified atom stereocenters. The first-order valence-electron chi connectivity index (χ1n) is 7.28. The molecule has 0 spiro atoms. The van der Waals surface area contributed by atoms with Gasteiger partial charge in [-0.3, -0.25) is 10.1 Å². The lowest BCUT2D eigenvalue weighted by atomic mass is 10.1. The molecule has 124 valence electrons. The summed E-state index contributed by atoms with van der Waals surface area (Å²) in [7, 11) is 0. The number of carbonyl (C=O) groups excluding carboxylic acids is 1. The van der Waals surface area contributed by atoms with Crippen LogP contribution in [0, 0.1) is 10.1 Å². The van der Waals surface area contributed by atoms with Crippen molar-refractivity contribution < 1.29 is 23.9 Å². The van der Waals surface area contributed by atoms with Crippen LogP contribution in [0.25, 0.3) is 6.08 Å². The zero-order valence-corrected chi connectivity index (χ0v) is 12.7. The molecule has 2 aromatic rings. The fourth-order valence-electron chi connectivity index (χ4n) is 2.49. The Balaban J connectivity index is 1.70. The molecule has 0 aliphatic carbocycles. The van der Waals surface area contributed by atoms with Crippen molar-refractivity contribution >= 4 is 23.6 Å². The summed E-state index contributed by atoms with van der Waals surface area (Å²) in [6.45, 7) is 0.133. The van der Waals surface area contributed by atoms with Gasteiger partial charge in [-0.05, 0) is 30.3 Å². The van der Waals surface area contributed by atoms with Crippen LogP contribution in [0.4, 0.5) is 5.69 Å². The van der Waals surface area contributed by atoms with E-state index in [0.29, 0.717) is 17.1 Å². The first-order valence-corrected chi connectivity index (χ1v) is 7.28. The summed E-state index contributed by atoms with van der Waals surface area (Å²) in [5.41, 5.74) is 0.690. The van der Waals surface area contributed by atoms with Gasteiger partial charge in [0.2, 0.25) is 12.7 Å². The zero-order valence-electron chi connectivity index (χ0n) is 12.7. The van der Waals surface area contributed by atoms with Gasteiger partial charge >= 0.3 is 5.97 Å². The third-order valence-corrected chi connectivity index (χ3v) is 3.67. The molecule has 25 heavy (non-hydrogen) atoms. The Kier molecular flexibility index (Phi) is 3.42. The number of nitro benzene ring substituents is 1. The van der Waals surface area contributed by atoms with Gasteiger partial charge in [-0.2, -0.15) is 0 Å². The minimum atomic E-state index is -0.675. The van der Waals surface area contributed by atoms with Gasteiger partial charge < -0.3 is 14.2 Å². The van der Waals surface area contributed by atoms with Crippen LogP contribution in [0.1, 0.15) is 11.1 Å². The van der Waals surface area contributed by atoms with Gasteiger partial charge in [0.25, 0.3) is 5.69 Å². The van der Waals surface area contributed by atoms with E-state index in [1.807, 2.05) is 0 Å². The van der Waals surface area contributed by atoms with Crippen molar-refractivity contribution in [2.75, 3.05) is 6.79 Å². The summed E-state index contributed by atoms with van der Waals surface area (Å²) in [4.78, 5) is 26.7. The SMILES string of the molecule is O=C1OC(c2ccc3c(c2)OCO3)=NC1=Cc1ccccc1[N+](=O)[O-]. The largest absolute Gasteiger partial charge is 0.454 e. The van der Waals surface area contributed by atoms with Gasteiger partial charge in [0.05, 0.1) is 10.5 Å². The highest BCUT2D eigenvalue weighted by Gasteiger charge is 2.26. The highest BCUT2D eigenvalue weighted by atomic mass is 16.7. The lowest BCUT2D eigenvalue weighted by Crippen LogP contribution is -2.05. The molecule has 0 bridgehead atoms. The molecule has 8 nitrogen and oxygen atoms in total. The van der Waals surface area contributed by atoms with E-state index in [1.54, 1.807) is 30.3 Å². The Morgan fingerprint density at radius 2 is 1.92 bits per heavy atom. The van der Waals surface area contributed by atoms with Gasteiger partial charge in [-0.25, -0.2) is 9.79 Å². The molecular formula is C17H10N2O6. The fourth-order valence-corrected chi connectivity index (χ4v) is 2.49. The highest BCUT2D eigenvalue weighted by Crippen LogP contribution is 2.33. The molecule has 0 saturated carbocycles. The van der Waals surface area contributed by atoms with E-state index >= 15 is 0 Å². The second kappa shape index (κ2) is 5.75. The molecule has 2 heterocycles. The summed E-state index contributed by atoms with van der Waals surface area (Å²) in [5, 5.41) is 11.1. The topological polar surface area (TPSA) is 100 Å². The Hall–Kier alpha value is -3.68. The lowest BCUT2D eigenvalue weighted by Gasteiger charge is -2.01. The lowest BCUT2D eigenvalue weighted by molar-refractivity contribution is -0.385. The van der Waals surface area contributed by atoms with Gasteiger partial charge in [0.15, 0.2) is 17.2 Å². The van der Waals surface area contributed by atoms with Crippen LogP contribution in [0.15, 0.2) is 53.2 Å². The summed E-state index contributed by atoms with van der Waals surface area (Å²) in [6.07, 6.45) is 1.33. The van der Waals surface area contributed by atoms with Crippen molar-refractivity contribution in [1.29, 1.82) is 0 Å². The predicted octanol–water partition coefficient (Wildman–Crippen LogP) is 2.67. The number of fused-ring (bicyclic) bond motifs is 1. The normalized spacial score (nSPS) is 16.7. The molecule has 4 rings (SSSR count). The van der Waals surface area contributed by atoms with Crippen LogP contribution < -0.4 is 9.47 Å². The Bertz CT molecular complexity index is 963. The summed E-state index contributed by atoms with van der Waals surface area (Å²) in [5.74, 6) is 0.565. The molecule has 0 amide bonds. The van der Waals surface area contributed by atoms with E-state index in [0.717, 1.165) is 0 Å². The summed E-state index contributed by atoms with van der Waals surface area (Å²) in [6, 6.07) is 11.1. The molecule has 2 aliphatic rings. The van der Waals surface area contributed by atoms with E-state index < -0.39 is 10.9 Å². The van der Waals surface area contributed by atoms with E-state index in [2.05, 4.69) is 4.99 Å². The quantitative estimate of drug-likeness (QED) is 0.369. The van der Waals surface area contributed by atoms with Crippen LogP contribution in [0.2, 0.25) is 0 Å². The first kappa shape index (κ1) is 14.9. The number of benzene rings is 2. The van der Waals surface area contributed by atoms with Crippen molar-refractivity contribution in [2.45, 2.75) is 0 Å². The van der Waals surface area contributed by atoms with Crippen LogP contribution in [0.3, 0.4) is 0 Å². The van der Waals surface area contributed by atoms with E-state index in [-0.39, 0.29) is 29.6 Å². The number of nitrogens with zero attached hydrogens (tertiary/aromatic N) is 2. The Morgan fingerprint density at radius 1 is 1.12 bits per heavy atom. The van der Waals surface area contributed by atoms with Gasteiger partial charge in [0.1, 0.15) is 0 Å². The average molecular weight is 338 g/mol. The minimum absolute atomic E-state index is 0.0121. The number of hydrogen-bond donors (Lipinski definition) is 0. The van der Waals surface area contributed by atoms with Crippen LogP contribution in [0.5, 0.6) is 11.5 Å². The molecule has 8 heteroatoms. The second-order valence-electron chi connectivity index (χ2n) is 5.22. The number of nitro groups is 1. The minimum Gasteiger partial charge on any atom is -0.454 e. The number of hydrogen-bond acceptors (Lipinski definition) is 7. The fraction of sp³-hybridized carbons (Fsp3) is 0.0588. The smallest absolute Gasteiger partial charge is 0.363 e. The molecule has 0 atom stereocenters. The molecular weight excluding hydrogens is 328 g/mol. The second-order valence-corrected chi connectivity index (χ2v) is 5.22.